The van der Waals surface area contributed by atoms with Crippen molar-refractivity contribution in [3.05, 3.63) is 28.8 Å². The van der Waals surface area contributed by atoms with Crippen LogP contribution in [0.1, 0.15) is 55.3 Å². The van der Waals surface area contributed by atoms with Gasteiger partial charge in [-0.2, -0.15) is 0 Å². The van der Waals surface area contributed by atoms with E-state index in [2.05, 4.69) is 21.3 Å². The minimum atomic E-state index is -1.25. The molecule has 2 bridgehead atoms. The second-order valence-electron chi connectivity index (χ2n) is 10.3. The first-order chi connectivity index (χ1) is 16.6. The summed E-state index contributed by atoms with van der Waals surface area (Å²) >= 11 is 6.10. The molecule has 0 radical (unpaired) electrons. The van der Waals surface area contributed by atoms with Gasteiger partial charge in [0, 0.05) is 23.5 Å². The highest BCUT2D eigenvalue weighted by atomic mass is 35.5. The monoisotopic (exact) mass is 504 g/mol. The highest BCUT2D eigenvalue weighted by molar-refractivity contribution is 6.38. The van der Waals surface area contributed by atoms with Crippen molar-refractivity contribution in [2.24, 2.45) is 11.3 Å². The maximum absolute atomic E-state index is 13.9. The molecule has 4 amide bonds. The number of rotatable bonds is 9. The Balaban J connectivity index is 1.33. The maximum atomic E-state index is 13.9. The lowest BCUT2D eigenvalue weighted by molar-refractivity contribution is -0.209. The van der Waals surface area contributed by atoms with Crippen LogP contribution in [0.3, 0.4) is 0 Å². The van der Waals surface area contributed by atoms with Gasteiger partial charge in [-0.25, -0.2) is 4.39 Å². The molecule has 1 aromatic rings. The van der Waals surface area contributed by atoms with Crippen LogP contribution >= 0.6 is 11.6 Å². The molecule has 4 saturated carbocycles. The molecule has 6 rings (SSSR count). The van der Waals surface area contributed by atoms with E-state index < -0.39 is 40.6 Å². The summed E-state index contributed by atoms with van der Waals surface area (Å²) in [6.07, 6.45) is 2.53. The number of anilines is 1. The third kappa shape index (κ3) is 4.63. The predicted molar refractivity (Wildman–Crippen MR) is 123 cm³/mol. The zero-order chi connectivity index (χ0) is 25.0. The molecule has 1 unspecified atom stereocenters. The summed E-state index contributed by atoms with van der Waals surface area (Å²) in [4.78, 5) is 63.5. The maximum Gasteiger partial charge on any atom is 0.289 e. The van der Waals surface area contributed by atoms with E-state index in [1.54, 1.807) is 0 Å². The fraction of sp³-hybridized carbons (Fsp3) is 0.542. The molecule has 11 heteroatoms. The summed E-state index contributed by atoms with van der Waals surface area (Å²) in [6, 6.07) is 3.03. The molecule has 1 heterocycles. The number of hydrogen-bond donors (Lipinski definition) is 4. The Morgan fingerprint density at radius 3 is 2.46 bits per heavy atom. The second-order valence-corrected chi connectivity index (χ2v) is 10.7. The number of benzene rings is 1. The van der Waals surface area contributed by atoms with Gasteiger partial charge < -0.3 is 21.3 Å². The number of Topliss-reactive ketones (excluding diaryl/α,β-unsaturated/α-hetero) is 1. The Hall–Kier alpha value is -3.01. The normalized spacial score (nSPS) is 29.2. The summed E-state index contributed by atoms with van der Waals surface area (Å²) in [5, 5.41) is 10.8. The molecule has 2 atom stereocenters. The summed E-state index contributed by atoms with van der Waals surface area (Å²) in [5.74, 6) is -3.49. The number of halogens is 2. The van der Waals surface area contributed by atoms with Crippen molar-refractivity contribution in [3.63, 3.8) is 0 Å². The topological polar surface area (TPSA) is 133 Å². The van der Waals surface area contributed by atoms with Crippen LogP contribution in [0.25, 0.3) is 0 Å². The van der Waals surface area contributed by atoms with Crippen LogP contribution in [0.5, 0.6) is 0 Å². The van der Waals surface area contributed by atoms with Crippen LogP contribution in [0.2, 0.25) is 5.02 Å². The zero-order valence-electron chi connectivity index (χ0n) is 18.9. The van der Waals surface area contributed by atoms with Crippen LogP contribution in [-0.2, 0) is 19.2 Å². The zero-order valence-corrected chi connectivity index (χ0v) is 19.7. The van der Waals surface area contributed by atoms with E-state index in [1.807, 2.05) is 0 Å². The quantitative estimate of drug-likeness (QED) is 0.379. The average Bonchev–Trinajstić information content (AvgIpc) is 3.50. The number of carbonyl (C=O) groups excluding carboxylic acids is 5. The van der Waals surface area contributed by atoms with E-state index in [-0.39, 0.29) is 59.8 Å². The van der Waals surface area contributed by atoms with E-state index >= 15 is 0 Å². The molecular weight excluding hydrogens is 479 g/mol. The second kappa shape index (κ2) is 8.58. The van der Waals surface area contributed by atoms with Gasteiger partial charge in [-0.05, 0) is 63.1 Å². The van der Waals surface area contributed by atoms with E-state index in [4.69, 9.17) is 11.6 Å². The highest BCUT2D eigenvalue weighted by Crippen LogP contribution is 2.69. The first-order valence-electron chi connectivity index (χ1n) is 11.8. The molecule has 1 saturated heterocycles. The smallest absolute Gasteiger partial charge is 0.289 e. The summed E-state index contributed by atoms with van der Waals surface area (Å²) in [5.41, 5.74) is -1.83. The third-order valence-corrected chi connectivity index (χ3v) is 7.60. The number of carbonyl (C=O) groups is 5. The van der Waals surface area contributed by atoms with E-state index in [0.717, 1.165) is 12.8 Å². The van der Waals surface area contributed by atoms with E-state index in [1.165, 1.54) is 18.2 Å². The SMILES string of the molecule is O=C(NC1CC1)C(=O)C(C[C@@H]1CCNC1=O)NC(=O)c1cc(Cl)ccc1NC(=O)C12CC(F)(C1)C2. The van der Waals surface area contributed by atoms with E-state index in [9.17, 15) is 28.4 Å². The molecule has 35 heavy (non-hydrogen) atoms. The van der Waals surface area contributed by atoms with Crippen molar-refractivity contribution >= 4 is 46.7 Å². The van der Waals surface area contributed by atoms with Crippen molar-refractivity contribution in [1.29, 1.82) is 0 Å². The summed E-state index contributed by atoms with van der Waals surface area (Å²) < 4.78 is 13.9. The van der Waals surface area contributed by atoms with Crippen LogP contribution in [-0.4, -0.2) is 53.7 Å². The Labute approximate surface area is 205 Å². The first kappa shape index (κ1) is 23.7. The summed E-state index contributed by atoms with van der Waals surface area (Å²) in [6.45, 7) is 0.457. The van der Waals surface area contributed by atoms with Gasteiger partial charge in [0.05, 0.1) is 22.7 Å². The number of hydrogen-bond acceptors (Lipinski definition) is 5. The predicted octanol–water partition coefficient (Wildman–Crippen LogP) is 1.64. The molecule has 5 aliphatic rings. The molecule has 4 N–H and O–H groups in total. The van der Waals surface area contributed by atoms with Gasteiger partial charge in [0.25, 0.3) is 11.8 Å². The number of ketones is 1. The third-order valence-electron chi connectivity index (χ3n) is 7.36. The highest BCUT2D eigenvalue weighted by Gasteiger charge is 2.72. The fourth-order valence-electron chi connectivity index (χ4n) is 5.24. The molecular formula is C24H26ClFN4O5. The number of nitrogens with one attached hydrogen (secondary N) is 4. The van der Waals surface area contributed by atoms with Crippen molar-refractivity contribution in [1.82, 2.24) is 16.0 Å². The van der Waals surface area contributed by atoms with Crippen LogP contribution in [0.15, 0.2) is 18.2 Å². The molecule has 4 aliphatic carbocycles. The van der Waals surface area contributed by atoms with Gasteiger partial charge in [0.2, 0.25) is 17.6 Å². The van der Waals surface area contributed by atoms with Gasteiger partial charge in [0.15, 0.2) is 0 Å². The molecule has 9 nitrogen and oxygen atoms in total. The van der Waals surface area contributed by atoms with Crippen molar-refractivity contribution < 1.29 is 28.4 Å². The molecule has 1 aromatic carbocycles. The van der Waals surface area contributed by atoms with E-state index in [0.29, 0.717) is 13.0 Å². The van der Waals surface area contributed by atoms with Crippen molar-refractivity contribution in [3.8, 4) is 0 Å². The van der Waals surface area contributed by atoms with Gasteiger partial charge in [0.1, 0.15) is 5.67 Å². The van der Waals surface area contributed by atoms with Crippen molar-refractivity contribution in [2.75, 3.05) is 11.9 Å². The Bertz CT molecular complexity index is 1120. The van der Waals surface area contributed by atoms with Gasteiger partial charge in [-0.1, -0.05) is 11.6 Å². The van der Waals surface area contributed by atoms with Crippen molar-refractivity contribution in [2.45, 2.75) is 62.7 Å². The number of amides is 4. The molecule has 1 aliphatic heterocycles. The fourth-order valence-corrected chi connectivity index (χ4v) is 5.41. The number of alkyl halides is 1. The molecule has 5 fully saturated rings. The Morgan fingerprint density at radius 1 is 1.14 bits per heavy atom. The lowest BCUT2D eigenvalue weighted by Gasteiger charge is -2.64. The van der Waals surface area contributed by atoms with Crippen LogP contribution in [0, 0.1) is 11.3 Å². The van der Waals surface area contributed by atoms with Gasteiger partial charge in [-0.15, -0.1) is 0 Å². The summed E-state index contributed by atoms with van der Waals surface area (Å²) in [7, 11) is 0. The largest absolute Gasteiger partial charge is 0.356 e. The molecule has 186 valence electrons. The standard InChI is InChI=1S/C24H26ClFN4O5/c25-13-1-4-16(30-22(35)23-9-24(26,10-23)11-23)15(8-13)20(33)29-17(7-12-5-6-27-19(12)32)18(31)21(34)28-14-2-3-14/h1,4,8,12,14,17H,2-3,5-7,9-11H2,(H,27,32)(H,28,34)(H,29,33)(H,30,35)/t12-,17?,23?,24?/m0/s1. The van der Waals surface area contributed by atoms with Crippen LogP contribution in [0.4, 0.5) is 10.1 Å². The van der Waals surface area contributed by atoms with Gasteiger partial charge in [-0.3, -0.25) is 24.0 Å². The first-order valence-corrected chi connectivity index (χ1v) is 12.2. The lowest BCUT2D eigenvalue weighted by atomic mass is 9.42. The van der Waals surface area contributed by atoms with Crippen LogP contribution < -0.4 is 21.3 Å². The van der Waals surface area contributed by atoms with Gasteiger partial charge >= 0.3 is 0 Å². The lowest BCUT2D eigenvalue weighted by Crippen LogP contribution is -2.69. The Morgan fingerprint density at radius 2 is 1.86 bits per heavy atom. The average molecular weight is 505 g/mol. The minimum absolute atomic E-state index is 0.00341. The Kier molecular flexibility index (Phi) is 5.82. The minimum Gasteiger partial charge on any atom is -0.356 e. The molecule has 0 spiro atoms. The molecule has 0 aromatic heterocycles.